The average molecular weight is 306 g/mol. The van der Waals surface area contributed by atoms with Crippen LogP contribution in [-0.2, 0) is 16.0 Å². The molecule has 0 radical (unpaired) electrons. The molecule has 1 aromatic rings. The van der Waals surface area contributed by atoms with Crippen LogP contribution < -0.4 is 4.74 Å². The molecule has 1 aromatic carbocycles. The Balaban J connectivity index is 1.92. The molecule has 0 aromatic heterocycles. The summed E-state index contributed by atoms with van der Waals surface area (Å²) in [7, 11) is 5.27. The zero-order chi connectivity index (χ0) is 15.9. The van der Waals surface area contributed by atoms with Crippen LogP contribution in [0.3, 0.4) is 0 Å². The number of likely N-dealkylation sites (N-methyl/N-ethyl adjacent to an activating group) is 1. The highest BCUT2D eigenvalue weighted by molar-refractivity contribution is 5.77. The van der Waals surface area contributed by atoms with Gasteiger partial charge in [-0.05, 0) is 30.0 Å². The van der Waals surface area contributed by atoms with Gasteiger partial charge < -0.3 is 14.4 Å². The second-order valence-electron chi connectivity index (χ2n) is 6.02. The molecule has 0 unspecified atom stereocenters. The number of rotatable bonds is 5. The third-order valence-electron chi connectivity index (χ3n) is 3.96. The summed E-state index contributed by atoms with van der Waals surface area (Å²) >= 11 is 0. The molecule has 1 atom stereocenters. The van der Waals surface area contributed by atoms with Gasteiger partial charge in [0.2, 0.25) is 5.91 Å². The van der Waals surface area contributed by atoms with Crippen molar-refractivity contribution in [2.24, 2.45) is 5.92 Å². The Bertz CT molecular complexity index is 473. The third kappa shape index (κ3) is 5.00. The Morgan fingerprint density at radius 1 is 1.36 bits per heavy atom. The van der Waals surface area contributed by atoms with Gasteiger partial charge in [-0.15, -0.1) is 0 Å². The van der Waals surface area contributed by atoms with Gasteiger partial charge in [-0.2, -0.15) is 0 Å². The average Bonchev–Trinajstić information content (AvgIpc) is 2.73. The van der Waals surface area contributed by atoms with Crippen LogP contribution >= 0.6 is 0 Å². The summed E-state index contributed by atoms with van der Waals surface area (Å²) in [4.78, 5) is 15.7. The third-order valence-corrected chi connectivity index (χ3v) is 3.96. The Hall–Kier alpha value is -1.59. The normalized spacial score (nSPS) is 19.5. The van der Waals surface area contributed by atoms with E-state index in [0.717, 1.165) is 31.9 Å². The van der Waals surface area contributed by atoms with E-state index in [0.29, 0.717) is 19.1 Å². The van der Waals surface area contributed by atoms with Gasteiger partial charge in [-0.25, -0.2) is 0 Å². The van der Waals surface area contributed by atoms with Crippen LogP contribution in [0.5, 0.6) is 5.75 Å². The molecule has 0 N–H and O–H groups in total. The summed E-state index contributed by atoms with van der Waals surface area (Å²) in [5, 5.41) is 0. The molecule has 0 bridgehead atoms. The summed E-state index contributed by atoms with van der Waals surface area (Å²) in [5.74, 6) is 1.43. The number of nitrogens with zero attached hydrogens (tertiary/aromatic N) is 2. The standard InChI is InChI=1S/C17H26N2O3/c1-18(2)17(20)12-19-8-9-22-13-15(11-19)10-14-4-6-16(21-3)7-5-14/h4-7,15H,8-13H2,1-3H3/t15-/m0/s1. The molecule has 122 valence electrons. The predicted molar refractivity (Wildman–Crippen MR) is 86.1 cm³/mol. The molecule has 2 rings (SSSR count). The van der Waals surface area contributed by atoms with Crippen LogP contribution in [-0.4, -0.2) is 69.8 Å². The summed E-state index contributed by atoms with van der Waals surface area (Å²) in [6.07, 6.45) is 0.955. The lowest BCUT2D eigenvalue weighted by Crippen LogP contribution is -2.39. The summed E-state index contributed by atoms with van der Waals surface area (Å²) in [6, 6.07) is 8.17. The number of methoxy groups -OCH3 is 1. The van der Waals surface area contributed by atoms with Crippen molar-refractivity contribution in [3.8, 4) is 5.75 Å². The van der Waals surface area contributed by atoms with Crippen LogP contribution in [0.1, 0.15) is 5.56 Å². The quantitative estimate of drug-likeness (QED) is 0.822. The van der Waals surface area contributed by atoms with Crippen molar-refractivity contribution < 1.29 is 14.3 Å². The van der Waals surface area contributed by atoms with E-state index in [-0.39, 0.29) is 5.91 Å². The molecule has 1 heterocycles. The second kappa shape index (κ2) is 8.15. The number of carbonyl (C=O) groups excluding carboxylic acids is 1. The van der Waals surface area contributed by atoms with Crippen LogP contribution in [0.15, 0.2) is 24.3 Å². The molecule has 0 saturated carbocycles. The minimum atomic E-state index is 0.144. The molecular weight excluding hydrogens is 280 g/mol. The summed E-state index contributed by atoms with van der Waals surface area (Å²) in [6.45, 7) is 3.62. The Labute approximate surface area is 132 Å². The first-order valence-corrected chi connectivity index (χ1v) is 7.71. The predicted octanol–water partition coefficient (Wildman–Crippen LogP) is 1.27. The maximum atomic E-state index is 11.9. The van der Waals surface area contributed by atoms with Crippen molar-refractivity contribution in [3.63, 3.8) is 0 Å². The second-order valence-corrected chi connectivity index (χ2v) is 6.02. The van der Waals surface area contributed by atoms with Gasteiger partial charge in [-0.1, -0.05) is 12.1 Å². The van der Waals surface area contributed by atoms with Gasteiger partial charge in [0.1, 0.15) is 5.75 Å². The lowest BCUT2D eigenvalue weighted by atomic mass is 9.99. The molecule has 22 heavy (non-hydrogen) atoms. The van der Waals surface area contributed by atoms with E-state index in [1.54, 1.807) is 26.1 Å². The van der Waals surface area contributed by atoms with Crippen molar-refractivity contribution in [3.05, 3.63) is 29.8 Å². The van der Waals surface area contributed by atoms with E-state index in [4.69, 9.17) is 9.47 Å². The first-order chi connectivity index (χ1) is 10.6. The maximum Gasteiger partial charge on any atom is 0.236 e. The van der Waals surface area contributed by atoms with Crippen LogP contribution in [0.2, 0.25) is 0 Å². The van der Waals surface area contributed by atoms with Gasteiger partial charge >= 0.3 is 0 Å². The molecule has 5 heteroatoms. The van der Waals surface area contributed by atoms with Crippen LogP contribution in [0.25, 0.3) is 0 Å². The number of hydrogen-bond acceptors (Lipinski definition) is 4. The molecule has 1 amide bonds. The number of amides is 1. The summed E-state index contributed by atoms with van der Waals surface area (Å²) in [5.41, 5.74) is 1.27. The fourth-order valence-corrected chi connectivity index (χ4v) is 2.65. The molecule has 1 aliphatic rings. The SMILES string of the molecule is COc1ccc(C[C@@H]2COCCN(CC(=O)N(C)C)C2)cc1. The first kappa shape index (κ1) is 16.8. The zero-order valence-corrected chi connectivity index (χ0v) is 13.7. The minimum Gasteiger partial charge on any atom is -0.497 e. The Kier molecular flexibility index (Phi) is 6.21. The van der Waals surface area contributed by atoms with E-state index in [2.05, 4.69) is 17.0 Å². The largest absolute Gasteiger partial charge is 0.497 e. The Morgan fingerprint density at radius 2 is 2.09 bits per heavy atom. The van der Waals surface area contributed by atoms with Gasteiger partial charge in [0.15, 0.2) is 0 Å². The minimum absolute atomic E-state index is 0.144. The topological polar surface area (TPSA) is 42.0 Å². The number of carbonyl (C=O) groups is 1. The molecule has 5 nitrogen and oxygen atoms in total. The molecule has 1 aliphatic heterocycles. The van der Waals surface area contributed by atoms with E-state index in [1.807, 2.05) is 12.1 Å². The monoisotopic (exact) mass is 306 g/mol. The van der Waals surface area contributed by atoms with E-state index < -0.39 is 0 Å². The van der Waals surface area contributed by atoms with E-state index in [9.17, 15) is 4.79 Å². The molecule has 1 saturated heterocycles. The smallest absolute Gasteiger partial charge is 0.236 e. The molecule has 0 spiro atoms. The number of benzene rings is 1. The van der Waals surface area contributed by atoms with Crippen LogP contribution in [0.4, 0.5) is 0 Å². The van der Waals surface area contributed by atoms with Gasteiger partial charge in [-0.3, -0.25) is 9.69 Å². The Morgan fingerprint density at radius 3 is 2.73 bits per heavy atom. The molecule has 1 fully saturated rings. The lowest BCUT2D eigenvalue weighted by molar-refractivity contribution is -0.129. The van der Waals surface area contributed by atoms with E-state index >= 15 is 0 Å². The fraction of sp³-hybridized carbons (Fsp3) is 0.588. The highest BCUT2D eigenvalue weighted by Gasteiger charge is 2.21. The molecule has 0 aliphatic carbocycles. The van der Waals surface area contributed by atoms with Gasteiger partial charge in [0.25, 0.3) is 0 Å². The zero-order valence-electron chi connectivity index (χ0n) is 13.7. The first-order valence-electron chi connectivity index (χ1n) is 7.71. The summed E-state index contributed by atoms with van der Waals surface area (Å²) < 4.78 is 10.9. The fourth-order valence-electron chi connectivity index (χ4n) is 2.65. The van der Waals surface area contributed by atoms with Crippen molar-refractivity contribution in [2.45, 2.75) is 6.42 Å². The van der Waals surface area contributed by atoms with Crippen molar-refractivity contribution in [2.75, 3.05) is 54.1 Å². The van der Waals surface area contributed by atoms with Gasteiger partial charge in [0.05, 0.1) is 26.9 Å². The van der Waals surface area contributed by atoms with Crippen LogP contribution in [0, 0.1) is 5.92 Å². The maximum absolute atomic E-state index is 11.9. The number of ether oxygens (including phenoxy) is 2. The van der Waals surface area contributed by atoms with E-state index in [1.165, 1.54) is 5.56 Å². The molecular formula is C17H26N2O3. The van der Waals surface area contributed by atoms with Crippen molar-refractivity contribution >= 4 is 5.91 Å². The van der Waals surface area contributed by atoms with Crippen molar-refractivity contribution in [1.82, 2.24) is 9.80 Å². The lowest BCUT2D eigenvalue weighted by Gasteiger charge is -2.24. The van der Waals surface area contributed by atoms with Crippen molar-refractivity contribution in [1.29, 1.82) is 0 Å². The highest BCUT2D eigenvalue weighted by atomic mass is 16.5. The van der Waals surface area contributed by atoms with Gasteiger partial charge in [0, 0.05) is 27.2 Å². The highest BCUT2D eigenvalue weighted by Crippen LogP contribution is 2.17. The number of hydrogen-bond donors (Lipinski definition) is 0.